The highest BCUT2D eigenvalue weighted by Crippen LogP contribution is 2.22. The Bertz CT molecular complexity index is 1040. The number of ether oxygens (including phenoxy) is 1. The van der Waals surface area contributed by atoms with Crippen molar-refractivity contribution in [2.75, 3.05) is 14.1 Å². The number of nitrogens with zero attached hydrogens (tertiary/aromatic N) is 1. The molecule has 0 spiro atoms. The maximum Gasteiger partial charge on any atom is 0.339 e. The minimum Gasteiger partial charge on any atom is -0.454 e. The summed E-state index contributed by atoms with van der Waals surface area (Å²) in [6, 6.07) is 6.27. The van der Waals surface area contributed by atoms with E-state index in [1.165, 1.54) is 38.4 Å². The molecule has 1 heterocycles. The van der Waals surface area contributed by atoms with Crippen LogP contribution in [0.5, 0.6) is 0 Å². The van der Waals surface area contributed by atoms with Gasteiger partial charge in [-0.3, -0.25) is 0 Å². The van der Waals surface area contributed by atoms with Crippen molar-refractivity contribution in [3.8, 4) is 0 Å². The van der Waals surface area contributed by atoms with Gasteiger partial charge >= 0.3 is 5.97 Å². The lowest BCUT2D eigenvalue weighted by molar-refractivity contribution is 0.0439. The Morgan fingerprint density at radius 1 is 1.19 bits per heavy atom. The highest BCUT2D eigenvalue weighted by atomic mass is 79.9. The lowest BCUT2D eigenvalue weighted by Crippen LogP contribution is -2.21. The molecule has 0 saturated heterocycles. The minimum atomic E-state index is -3.98. The van der Waals surface area contributed by atoms with Crippen LogP contribution in [0.3, 0.4) is 0 Å². The topological polar surface area (TPSA) is 137 Å². The van der Waals surface area contributed by atoms with E-state index in [0.717, 1.165) is 10.4 Å². The molecule has 0 saturated carbocycles. The SMILES string of the molecule is CN(C)S(=O)(=O)c1ccc(COC(=O)c2cc(S(N)(=O)=O)ccc2Br)o1. The molecule has 2 aromatic rings. The zero-order chi connectivity index (χ0) is 19.7. The summed E-state index contributed by atoms with van der Waals surface area (Å²) >= 11 is 3.13. The summed E-state index contributed by atoms with van der Waals surface area (Å²) in [5.74, 6) is -0.728. The van der Waals surface area contributed by atoms with Crippen LogP contribution in [0.15, 0.2) is 49.2 Å². The first-order valence-electron chi connectivity index (χ1n) is 6.93. The summed E-state index contributed by atoms with van der Waals surface area (Å²) in [7, 11) is -5.01. The molecule has 0 aliphatic carbocycles. The molecule has 9 nitrogen and oxygen atoms in total. The van der Waals surface area contributed by atoms with Crippen LogP contribution in [0.1, 0.15) is 16.1 Å². The van der Waals surface area contributed by atoms with Crippen molar-refractivity contribution in [2.45, 2.75) is 16.6 Å². The van der Waals surface area contributed by atoms with Gasteiger partial charge in [0.2, 0.25) is 15.1 Å². The quantitative estimate of drug-likeness (QED) is 0.632. The van der Waals surface area contributed by atoms with Crippen LogP contribution in [-0.2, 0) is 31.4 Å². The Balaban J connectivity index is 2.17. The predicted molar refractivity (Wildman–Crippen MR) is 94.2 cm³/mol. The molecule has 0 fully saturated rings. The molecule has 0 amide bonds. The number of carbonyl (C=O) groups excluding carboxylic acids is 1. The van der Waals surface area contributed by atoms with E-state index in [1.807, 2.05) is 0 Å². The number of furan rings is 1. The summed E-state index contributed by atoms with van der Waals surface area (Å²) < 4.78 is 58.1. The van der Waals surface area contributed by atoms with Gasteiger partial charge < -0.3 is 9.15 Å². The number of benzene rings is 1. The number of esters is 1. The Hall–Kier alpha value is -1.73. The standard InChI is InChI=1S/C14H15BrN2O7S2/c1-17(2)26(21,22)13-6-3-9(24-13)8-23-14(18)11-7-10(25(16,19)20)4-5-12(11)15/h3-7H,8H2,1-2H3,(H2,16,19,20). The highest BCUT2D eigenvalue weighted by molar-refractivity contribution is 9.10. The molecule has 26 heavy (non-hydrogen) atoms. The third kappa shape index (κ3) is 4.51. The van der Waals surface area contributed by atoms with Gasteiger partial charge in [-0.05, 0) is 46.3 Å². The van der Waals surface area contributed by atoms with Crippen molar-refractivity contribution in [3.63, 3.8) is 0 Å². The Morgan fingerprint density at radius 2 is 1.85 bits per heavy atom. The zero-order valence-electron chi connectivity index (χ0n) is 13.7. The fraction of sp³-hybridized carbons (Fsp3) is 0.214. The van der Waals surface area contributed by atoms with Crippen molar-refractivity contribution in [2.24, 2.45) is 5.14 Å². The first kappa shape index (κ1) is 20.6. The van der Waals surface area contributed by atoms with Crippen LogP contribution in [0, 0.1) is 0 Å². The van der Waals surface area contributed by atoms with Gasteiger partial charge in [-0.2, -0.15) is 0 Å². The average Bonchev–Trinajstić information content (AvgIpc) is 3.01. The number of sulfonamides is 2. The van der Waals surface area contributed by atoms with E-state index in [4.69, 9.17) is 14.3 Å². The molecular weight excluding hydrogens is 452 g/mol. The molecule has 2 N–H and O–H groups in total. The first-order chi connectivity index (χ1) is 11.9. The Kier molecular flexibility index (Phi) is 5.92. The fourth-order valence-electron chi connectivity index (χ4n) is 1.81. The van der Waals surface area contributed by atoms with Crippen LogP contribution in [-0.4, -0.2) is 41.2 Å². The average molecular weight is 467 g/mol. The first-order valence-corrected chi connectivity index (χ1v) is 10.7. The van der Waals surface area contributed by atoms with Gasteiger partial charge in [0.05, 0.1) is 10.5 Å². The minimum absolute atomic E-state index is 0.0517. The summed E-state index contributed by atoms with van der Waals surface area (Å²) in [6.07, 6.45) is 0. The molecule has 2 rings (SSSR count). The zero-order valence-corrected chi connectivity index (χ0v) is 16.9. The number of rotatable bonds is 6. The number of carbonyl (C=O) groups is 1. The van der Waals surface area contributed by atoms with Gasteiger partial charge in [-0.1, -0.05) is 0 Å². The highest BCUT2D eigenvalue weighted by Gasteiger charge is 2.22. The van der Waals surface area contributed by atoms with Crippen molar-refractivity contribution >= 4 is 41.9 Å². The van der Waals surface area contributed by atoms with Crippen LogP contribution >= 0.6 is 15.9 Å². The normalized spacial score (nSPS) is 12.3. The van der Waals surface area contributed by atoms with Gasteiger partial charge in [0.15, 0.2) is 0 Å². The number of halogens is 1. The number of hydrogen-bond donors (Lipinski definition) is 1. The molecule has 142 valence electrons. The van der Waals surface area contributed by atoms with Crippen LogP contribution < -0.4 is 5.14 Å². The number of primary sulfonamides is 1. The van der Waals surface area contributed by atoms with E-state index in [1.54, 1.807) is 0 Å². The molecule has 1 aromatic carbocycles. The Morgan fingerprint density at radius 3 is 2.42 bits per heavy atom. The van der Waals surface area contributed by atoms with Crippen LogP contribution in [0.4, 0.5) is 0 Å². The van der Waals surface area contributed by atoms with Crippen molar-refractivity contribution in [1.82, 2.24) is 4.31 Å². The molecule has 0 bridgehead atoms. The maximum absolute atomic E-state index is 12.2. The number of hydrogen-bond acceptors (Lipinski definition) is 7. The molecule has 12 heteroatoms. The Labute approximate surface area is 159 Å². The van der Waals surface area contributed by atoms with E-state index in [2.05, 4.69) is 15.9 Å². The largest absolute Gasteiger partial charge is 0.454 e. The maximum atomic E-state index is 12.2. The second kappa shape index (κ2) is 7.48. The van der Waals surface area contributed by atoms with E-state index < -0.39 is 26.0 Å². The lowest BCUT2D eigenvalue weighted by Gasteiger charge is -2.08. The van der Waals surface area contributed by atoms with Gasteiger partial charge in [0.1, 0.15) is 12.4 Å². The summed E-state index contributed by atoms with van der Waals surface area (Å²) in [5, 5.41) is 4.75. The second-order valence-corrected chi connectivity index (χ2v) is 9.77. The third-order valence-electron chi connectivity index (χ3n) is 3.20. The van der Waals surface area contributed by atoms with Crippen molar-refractivity contribution in [3.05, 3.63) is 46.1 Å². The number of nitrogens with two attached hydrogens (primary N) is 1. The van der Waals surface area contributed by atoms with Gasteiger partial charge in [0.25, 0.3) is 10.0 Å². The molecule has 0 atom stereocenters. The molecule has 0 unspecified atom stereocenters. The molecule has 0 aliphatic heterocycles. The third-order valence-corrected chi connectivity index (χ3v) is 6.50. The van der Waals surface area contributed by atoms with Crippen molar-refractivity contribution < 1.29 is 30.8 Å². The van der Waals surface area contributed by atoms with Crippen LogP contribution in [0.25, 0.3) is 0 Å². The molecule has 1 aromatic heterocycles. The fourth-order valence-corrected chi connectivity index (χ4v) is 3.57. The van der Waals surface area contributed by atoms with Crippen LogP contribution in [0.2, 0.25) is 0 Å². The van der Waals surface area contributed by atoms with Gasteiger partial charge in [-0.15, -0.1) is 0 Å². The van der Waals surface area contributed by atoms with E-state index in [9.17, 15) is 21.6 Å². The van der Waals surface area contributed by atoms with Crippen molar-refractivity contribution in [1.29, 1.82) is 0 Å². The molecule has 0 radical (unpaired) electrons. The smallest absolute Gasteiger partial charge is 0.339 e. The molecular formula is C14H15BrN2O7S2. The predicted octanol–water partition coefficient (Wildman–Crippen LogP) is 1.30. The monoisotopic (exact) mass is 466 g/mol. The van der Waals surface area contributed by atoms with E-state index >= 15 is 0 Å². The summed E-state index contributed by atoms with van der Waals surface area (Å²) in [6.45, 7) is -0.339. The molecule has 0 aliphatic rings. The van der Waals surface area contributed by atoms with Gasteiger partial charge in [0, 0.05) is 18.6 Å². The summed E-state index contributed by atoms with van der Waals surface area (Å²) in [4.78, 5) is 11.9. The second-order valence-electron chi connectivity index (χ2n) is 5.27. The summed E-state index contributed by atoms with van der Waals surface area (Å²) in [5.41, 5.74) is -0.0517. The van der Waals surface area contributed by atoms with E-state index in [-0.39, 0.29) is 27.9 Å². The van der Waals surface area contributed by atoms with E-state index in [0.29, 0.717) is 4.47 Å². The lowest BCUT2D eigenvalue weighted by atomic mass is 10.2. The van der Waals surface area contributed by atoms with Gasteiger partial charge in [-0.25, -0.2) is 31.1 Å².